The van der Waals surface area contributed by atoms with Gasteiger partial charge in [-0.3, -0.25) is 0 Å². The molecule has 0 spiro atoms. The van der Waals surface area contributed by atoms with Gasteiger partial charge >= 0.3 is 0 Å². The Morgan fingerprint density at radius 1 is 1.50 bits per heavy atom. The molecule has 1 unspecified atom stereocenters. The maximum Gasteiger partial charge on any atom is 0.198 e. The highest BCUT2D eigenvalue weighted by Gasteiger charge is 2.14. The predicted octanol–water partition coefficient (Wildman–Crippen LogP) is 0.975. The van der Waals surface area contributed by atoms with Gasteiger partial charge in [0, 0.05) is 0 Å². The van der Waals surface area contributed by atoms with Crippen molar-refractivity contribution in [2.45, 2.75) is 6.10 Å². The molecule has 1 aliphatic carbocycles. The zero-order chi connectivity index (χ0) is 5.98. The second-order valence-corrected chi connectivity index (χ2v) is 1.57. The van der Waals surface area contributed by atoms with Gasteiger partial charge in [-0.05, 0) is 6.08 Å². The molecule has 1 rings (SSSR count). The fourth-order valence-corrected chi connectivity index (χ4v) is 0.507. The van der Waals surface area contributed by atoms with E-state index in [0.29, 0.717) is 0 Å². The van der Waals surface area contributed by atoms with E-state index in [1.54, 1.807) is 12.2 Å². The summed E-state index contributed by atoms with van der Waals surface area (Å²) < 4.78 is 12.1. The monoisotopic (exact) mass is 113 g/mol. The van der Waals surface area contributed by atoms with E-state index in [4.69, 9.17) is 5.11 Å². The molecule has 43 valence electrons. The van der Waals surface area contributed by atoms with Gasteiger partial charge in [0.25, 0.3) is 0 Å². The molecule has 1 atom stereocenters. The standard InChI is InChI=1S/C6H6FO/c7-5-3-1-2-4-6(5)8/h1-4,6,8H. The quantitative estimate of drug-likeness (QED) is 0.496. The largest absolute Gasteiger partial charge is 0.385 e. The lowest BCUT2D eigenvalue weighted by Gasteiger charge is -2.07. The van der Waals surface area contributed by atoms with Crippen molar-refractivity contribution in [3.05, 3.63) is 30.5 Å². The van der Waals surface area contributed by atoms with Gasteiger partial charge in [0.2, 0.25) is 0 Å². The van der Waals surface area contributed by atoms with Gasteiger partial charge in [0.15, 0.2) is 6.17 Å². The Balaban J connectivity index is 2.59. The molecule has 1 radical (unpaired) electrons. The molecule has 8 heavy (non-hydrogen) atoms. The first-order valence-electron chi connectivity index (χ1n) is 2.36. The van der Waals surface area contributed by atoms with Crippen LogP contribution in [0.3, 0.4) is 0 Å². The minimum Gasteiger partial charge on any atom is -0.385 e. The van der Waals surface area contributed by atoms with Crippen molar-refractivity contribution >= 4 is 0 Å². The van der Waals surface area contributed by atoms with Gasteiger partial charge in [-0.1, -0.05) is 18.2 Å². The maximum absolute atomic E-state index is 12.1. The van der Waals surface area contributed by atoms with Crippen LogP contribution in [0.5, 0.6) is 0 Å². The average Bonchev–Trinajstić information content (AvgIpc) is 1.77. The van der Waals surface area contributed by atoms with Gasteiger partial charge in [-0.25, -0.2) is 4.39 Å². The van der Waals surface area contributed by atoms with E-state index in [1.807, 2.05) is 0 Å². The molecule has 0 saturated heterocycles. The van der Waals surface area contributed by atoms with Gasteiger partial charge in [-0.2, -0.15) is 0 Å². The zero-order valence-electron chi connectivity index (χ0n) is 4.21. The molecule has 0 amide bonds. The molecule has 0 saturated carbocycles. The topological polar surface area (TPSA) is 20.2 Å². The highest BCUT2D eigenvalue weighted by Crippen LogP contribution is 2.14. The predicted molar refractivity (Wildman–Crippen MR) is 28.6 cm³/mol. The van der Waals surface area contributed by atoms with Crippen molar-refractivity contribution in [3.8, 4) is 0 Å². The summed E-state index contributed by atoms with van der Waals surface area (Å²) >= 11 is 0. The summed E-state index contributed by atoms with van der Waals surface area (Å²) in [5.41, 5.74) is 0. The number of hydrogen-bond acceptors (Lipinski definition) is 1. The van der Waals surface area contributed by atoms with Crippen molar-refractivity contribution in [3.63, 3.8) is 0 Å². The lowest BCUT2D eigenvalue weighted by Crippen LogP contribution is -2.10. The second kappa shape index (κ2) is 2.09. The van der Waals surface area contributed by atoms with Crippen LogP contribution in [0.2, 0.25) is 0 Å². The van der Waals surface area contributed by atoms with Gasteiger partial charge in [0.05, 0.1) is 0 Å². The van der Waals surface area contributed by atoms with E-state index in [1.165, 1.54) is 12.2 Å². The summed E-state index contributed by atoms with van der Waals surface area (Å²) in [6.45, 7) is 0. The van der Waals surface area contributed by atoms with E-state index in [2.05, 4.69) is 0 Å². The van der Waals surface area contributed by atoms with Crippen molar-refractivity contribution in [2.75, 3.05) is 0 Å². The SMILES string of the molecule is OC1C=CC=C[C]1F. The van der Waals surface area contributed by atoms with Crippen LogP contribution in [0.25, 0.3) is 0 Å². The summed E-state index contributed by atoms with van der Waals surface area (Å²) in [5, 5.41) is 8.63. The fourth-order valence-electron chi connectivity index (χ4n) is 0.507. The smallest absolute Gasteiger partial charge is 0.198 e. The van der Waals surface area contributed by atoms with Crippen molar-refractivity contribution < 1.29 is 9.50 Å². The third-order valence-corrected chi connectivity index (χ3v) is 0.943. The molecular weight excluding hydrogens is 107 g/mol. The van der Waals surface area contributed by atoms with E-state index >= 15 is 0 Å². The number of rotatable bonds is 0. The lowest BCUT2D eigenvalue weighted by atomic mass is 10.1. The average molecular weight is 113 g/mol. The lowest BCUT2D eigenvalue weighted by molar-refractivity contribution is 0.198. The Bertz CT molecular complexity index is 112. The minimum atomic E-state index is -1.01. The second-order valence-electron chi connectivity index (χ2n) is 1.57. The molecule has 0 fully saturated rings. The van der Waals surface area contributed by atoms with Crippen LogP contribution in [0, 0.1) is 6.17 Å². The molecule has 2 heteroatoms. The Morgan fingerprint density at radius 2 is 2.25 bits per heavy atom. The summed E-state index contributed by atoms with van der Waals surface area (Å²) in [7, 11) is 0. The van der Waals surface area contributed by atoms with Crippen molar-refractivity contribution in [2.24, 2.45) is 0 Å². The zero-order valence-corrected chi connectivity index (χ0v) is 4.21. The molecule has 1 aliphatic rings. The Morgan fingerprint density at radius 3 is 2.62 bits per heavy atom. The van der Waals surface area contributed by atoms with E-state index < -0.39 is 12.3 Å². The van der Waals surface area contributed by atoms with Crippen molar-refractivity contribution in [1.29, 1.82) is 0 Å². The molecule has 0 aromatic heterocycles. The third-order valence-electron chi connectivity index (χ3n) is 0.943. The van der Waals surface area contributed by atoms with Crippen LogP contribution in [0.4, 0.5) is 4.39 Å². The first-order chi connectivity index (χ1) is 3.80. The maximum atomic E-state index is 12.1. The van der Waals surface area contributed by atoms with Gasteiger partial charge in [-0.15, -0.1) is 0 Å². The summed E-state index contributed by atoms with van der Waals surface area (Å²) in [6, 6.07) is 0. The molecule has 0 heterocycles. The number of hydrogen-bond donors (Lipinski definition) is 1. The summed E-state index contributed by atoms with van der Waals surface area (Å²) in [4.78, 5) is 0. The number of aliphatic hydroxyl groups excluding tert-OH is 1. The van der Waals surface area contributed by atoms with Gasteiger partial charge < -0.3 is 5.11 Å². The van der Waals surface area contributed by atoms with Crippen LogP contribution < -0.4 is 0 Å². The van der Waals surface area contributed by atoms with E-state index in [0.717, 1.165) is 0 Å². The summed E-state index contributed by atoms with van der Waals surface area (Å²) in [6.07, 6.45) is 4.27. The molecule has 0 aromatic carbocycles. The fraction of sp³-hybridized carbons (Fsp3) is 0.167. The Kier molecular flexibility index (Phi) is 1.44. The molecule has 0 aliphatic heterocycles. The van der Waals surface area contributed by atoms with Crippen LogP contribution in [0.1, 0.15) is 0 Å². The molecular formula is C6H6FO. The molecule has 0 bridgehead atoms. The minimum absolute atomic E-state index is 0.493. The molecule has 0 aromatic rings. The van der Waals surface area contributed by atoms with Crippen LogP contribution in [0.15, 0.2) is 24.3 Å². The Hall–Kier alpha value is -0.630. The highest BCUT2D eigenvalue weighted by molar-refractivity contribution is 5.23. The molecule has 1 nitrogen and oxygen atoms in total. The number of halogens is 1. The third kappa shape index (κ3) is 0.954. The van der Waals surface area contributed by atoms with E-state index in [-0.39, 0.29) is 0 Å². The Labute approximate surface area is 47.1 Å². The van der Waals surface area contributed by atoms with Crippen molar-refractivity contribution in [1.82, 2.24) is 0 Å². The summed E-state index contributed by atoms with van der Waals surface area (Å²) in [5.74, 6) is 0. The molecule has 1 N–H and O–H groups in total. The first-order valence-corrected chi connectivity index (χ1v) is 2.36. The van der Waals surface area contributed by atoms with Gasteiger partial charge in [0.1, 0.15) is 6.10 Å². The first kappa shape index (κ1) is 5.51. The number of allylic oxidation sites excluding steroid dienone is 2. The highest BCUT2D eigenvalue weighted by atomic mass is 19.1. The van der Waals surface area contributed by atoms with Crippen LogP contribution >= 0.6 is 0 Å². The van der Waals surface area contributed by atoms with Crippen LogP contribution in [-0.4, -0.2) is 11.2 Å². The normalized spacial score (nSPS) is 29.0. The number of aliphatic hydroxyl groups is 1. The van der Waals surface area contributed by atoms with E-state index in [9.17, 15) is 4.39 Å². The van der Waals surface area contributed by atoms with Crippen LogP contribution in [-0.2, 0) is 0 Å².